The van der Waals surface area contributed by atoms with Crippen LogP contribution in [0.25, 0.3) is 0 Å². The Morgan fingerprint density at radius 2 is 2.07 bits per heavy atom. The zero-order chi connectivity index (χ0) is 11.2. The van der Waals surface area contributed by atoms with Gasteiger partial charge in [0.2, 0.25) is 10.0 Å². The highest BCUT2D eigenvalue weighted by Gasteiger charge is 2.10. The summed E-state index contributed by atoms with van der Waals surface area (Å²) in [6.45, 7) is 2.14. The first-order chi connectivity index (χ1) is 6.39. The molecule has 0 rings (SSSR count). The molecule has 0 aromatic heterocycles. The molecule has 0 saturated heterocycles. The monoisotopic (exact) mass is 261 g/mol. The molecular weight excluding hydrogens is 246 g/mol. The van der Waals surface area contributed by atoms with E-state index in [2.05, 4.69) is 4.72 Å². The predicted octanol–water partition coefficient (Wildman–Crippen LogP) is 0.302. The van der Waals surface area contributed by atoms with E-state index >= 15 is 0 Å². The van der Waals surface area contributed by atoms with Crippen LogP contribution in [-0.2, 0) is 20.8 Å². The maximum Gasteiger partial charge on any atom is 0.212 e. The summed E-state index contributed by atoms with van der Waals surface area (Å²) in [4.78, 5) is 0. The average molecular weight is 262 g/mol. The minimum Gasteiger partial charge on any atom is -0.260 e. The Balaban J connectivity index is 3.79. The molecule has 0 aliphatic carbocycles. The molecule has 2 unspecified atom stereocenters. The highest BCUT2D eigenvalue weighted by atomic mass is 35.5. The summed E-state index contributed by atoms with van der Waals surface area (Å²) in [6.07, 6.45) is 2.18. The molecule has 0 aromatic carbocycles. The third kappa shape index (κ3) is 6.75. The smallest absolute Gasteiger partial charge is 0.212 e. The van der Waals surface area contributed by atoms with Gasteiger partial charge in [0.25, 0.3) is 0 Å². The molecule has 0 aliphatic rings. The second-order valence-corrected chi connectivity index (χ2v) is 7.11. The summed E-state index contributed by atoms with van der Waals surface area (Å²) in [5, 5.41) is 0.00806. The number of alkyl halides is 1. The Labute approximate surface area is 92.9 Å². The van der Waals surface area contributed by atoms with Crippen molar-refractivity contribution in [2.75, 3.05) is 24.4 Å². The predicted molar refractivity (Wildman–Crippen MR) is 60.7 cm³/mol. The van der Waals surface area contributed by atoms with E-state index in [9.17, 15) is 12.6 Å². The molecule has 0 aromatic rings. The van der Waals surface area contributed by atoms with E-state index in [-0.39, 0.29) is 16.9 Å². The minimum atomic E-state index is -3.23. The number of halogens is 1. The van der Waals surface area contributed by atoms with Crippen LogP contribution in [0.5, 0.6) is 0 Å². The van der Waals surface area contributed by atoms with Gasteiger partial charge in [0.05, 0.1) is 5.75 Å². The molecule has 0 radical (unpaired) electrons. The second-order valence-electron chi connectivity index (χ2n) is 3.00. The lowest BCUT2D eigenvalue weighted by atomic mass is 10.3. The van der Waals surface area contributed by atoms with Crippen molar-refractivity contribution in [3.8, 4) is 0 Å². The molecule has 0 fully saturated rings. The van der Waals surface area contributed by atoms with Gasteiger partial charge >= 0.3 is 0 Å². The summed E-state index contributed by atoms with van der Waals surface area (Å²) in [6, 6.07) is 0. The zero-order valence-corrected chi connectivity index (χ0v) is 10.7. The van der Waals surface area contributed by atoms with Gasteiger partial charge in [-0.2, -0.15) is 0 Å². The van der Waals surface area contributed by atoms with Crippen LogP contribution in [0.2, 0.25) is 0 Å². The molecule has 0 spiro atoms. The molecule has 0 amide bonds. The van der Waals surface area contributed by atoms with Crippen LogP contribution in [-0.4, -0.2) is 42.3 Å². The van der Waals surface area contributed by atoms with Gasteiger partial charge in [0.1, 0.15) is 0 Å². The van der Waals surface area contributed by atoms with Crippen molar-refractivity contribution in [1.82, 2.24) is 4.72 Å². The van der Waals surface area contributed by atoms with E-state index in [1.165, 1.54) is 0 Å². The van der Waals surface area contributed by atoms with Crippen molar-refractivity contribution in [3.63, 3.8) is 0 Å². The summed E-state index contributed by atoms with van der Waals surface area (Å²) < 4.78 is 35.6. The van der Waals surface area contributed by atoms with Gasteiger partial charge in [-0.25, -0.2) is 13.1 Å². The number of rotatable bonds is 7. The maximum absolute atomic E-state index is 11.1. The zero-order valence-electron chi connectivity index (χ0n) is 8.32. The highest BCUT2D eigenvalue weighted by Crippen LogP contribution is 1.98. The fraction of sp³-hybridized carbons (Fsp3) is 1.00. The summed E-state index contributed by atoms with van der Waals surface area (Å²) in [5.41, 5.74) is 0. The molecular formula is C7H16ClNO3S2. The third-order valence-corrected chi connectivity index (χ3v) is 4.95. The fourth-order valence-corrected chi connectivity index (χ4v) is 2.59. The molecule has 0 bridgehead atoms. The Kier molecular flexibility index (Phi) is 6.93. The summed E-state index contributed by atoms with van der Waals surface area (Å²) >= 11 is 5.31. The molecule has 1 N–H and O–H groups in total. The largest absolute Gasteiger partial charge is 0.260 e. The molecule has 7 heteroatoms. The van der Waals surface area contributed by atoms with Crippen LogP contribution in [0.1, 0.15) is 13.3 Å². The van der Waals surface area contributed by atoms with Crippen LogP contribution in [0, 0.1) is 0 Å². The first-order valence-corrected chi connectivity index (χ1v) is 8.05. The van der Waals surface area contributed by atoms with Gasteiger partial charge < -0.3 is 0 Å². The maximum atomic E-state index is 11.1. The lowest BCUT2D eigenvalue weighted by Gasteiger charge is -2.08. The van der Waals surface area contributed by atoms with Crippen LogP contribution in [0.3, 0.4) is 0 Å². The van der Waals surface area contributed by atoms with Crippen LogP contribution >= 0.6 is 11.6 Å². The Hall–Kier alpha value is 0.350. The summed E-state index contributed by atoms with van der Waals surface area (Å²) in [7, 11) is -4.14. The fourth-order valence-electron chi connectivity index (χ4n) is 0.757. The topological polar surface area (TPSA) is 63.2 Å². The molecule has 4 nitrogen and oxygen atoms in total. The first kappa shape index (κ1) is 14.3. The highest BCUT2D eigenvalue weighted by molar-refractivity contribution is 7.89. The minimum absolute atomic E-state index is 0.00806. The lowest BCUT2D eigenvalue weighted by Crippen LogP contribution is -2.30. The van der Waals surface area contributed by atoms with E-state index in [1.807, 2.05) is 6.92 Å². The Bertz CT molecular complexity index is 279. The van der Waals surface area contributed by atoms with Crippen molar-refractivity contribution in [2.45, 2.75) is 18.6 Å². The van der Waals surface area contributed by atoms with E-state index in [4.69, 9.17) is 11.6 Å². The number of hydrogen-bond donors (Lipinski definition) is 1. The first-order valence-electron chi connectivity index (χ1n) is 4.24. The standard InChI is InChI=1S/C7H16ClNO3S2/c1-7(13(2)10)3-5-9-14(11,12)6-4-8/h7,9H,3-6H2,1-2H3. The van der Waals surface area contributed by atoms with E-state index in [0.717, 1.165) is 0 Å². The molecule has 0 heterocycles. The van der Waals surface area contributed by atoms with Gasteiger partial charge in [0, 0.05) is 34.7 Å². The number of hydrogen-bond acceptors (Lipinski definition) is 3. The van der Waals surface area contributed by atoms with Gasteiger partial charge in [-0.15, -0.1) is 11.6 Å². The van der Waals surface area contributed by atoms with Gasteiger partial charge in [0.15, 0.2) is 0 Å². The van der Waals surface area contributed by atoms with Crippen molar-refractivity contribution in [2.24, 2.45) is 0 Å². The molecule has 2 atom stereocenters. The summed E-state index contributed by atoms with van der Waals surface area (Å²) in [5.74, 6) is 0.0166. The third-order valence-electron chi connectivity index (χ3n) is 1.79. The van der Waals surface area contributed by atoms with Gasteiger partial charge in [-0.05, 0) is 6.42 Å². The lowest BCUT2D eigenvalue weighted by molar-refractivity contribution is 0.579. The van der Waals surface area contributed by atoms with Crippen LogP contribution < -0.4 is 4.72 Å². The van der Waals surface area contributed by atoms with E-state index in [1.54, 1.807) is 6.26 Å². The van der Waals surface area contributed by atoms with Crippen LogP contribution in [0.15, 0.2) is 0 Å². The number of nitrogens with one attached hydrogen (secondary N) is 1. The van der Waals surface area contributed by atoms with Gasteiger partial charge in [-0.3, -0.25) is 4.21 Å². The molecule has 14 heavy (non-hydrogen) atoms. The molecule has 86 valence electrons. The Morgan fingerprint density at radius 1 is 1.50 bits per heavy atom. The van der Waals surface area contributed by atoms with Crippen molar-refractivity contribution in [1.29, 1.82) is 0 Å². The normalized spacial score (nSPS) is 16.5. The van der Waals surface area contributed by atoms with Crippen molar-refractivity contribution >= 4 is 32.4 Å². The van der Waals surface area contributed by atoms with E-state index < -0.39 is 20.8 Å². The SMILES string of the molecule is CC(CCNS(=O)(=O)CCCl)S(C)=O. The van der Waals surface area contributed by atoms with Crippen molar-refractivity contribution in [3.05, 3.63) is 0 Å². The second kappa shape index (κ2) is 6.76. The van der Waals surface area contributed by atoms with E-state index in [0.29, 0.717) is 13.0 Å². The van der Waals surface area contributed by atoms with Gasteiger partial charge in [-0.1, -0.05) is 6.92 Å². The number of sulfonamides is 1. The average Bonchev–Trinajstić information content (AvgIpc) is 2.03. The van der Waals surface area contributed by atoms with Crippen molar-refractivity contribution < 1.29 is 12.6 Å². The molecule has 0 saturated carbocycles. The Morgan fingerprint density at radius 3 is 2.50 bits per heavy atom. The molecule has 0 aliphatic heterocycles. The van der Waals surface area contributed by atoms with Crippen LogP contribution in [0.4, 0.5) is 0 Å². The quantitative estimate of drug-likeness (QED) is 0.671.